The third kappa shape index (κ3) is 2.66. The number of nitrogens with two attached hydrogens (primary N) is 1. The molecule has 104 valence electrons. The zero-order chi connectivity index (χ0) is 13.9. The number of nitrogens with zero attached hydrogens (tertiary/aromatic N) is 2. The third-order valence-corrected chi connectivity index (χ3v) is 4.09. The molecule has 3 rings (SSSR count). The fraction of sp³-hybridized carbons (Fsp3) is 0.286. The van der Waals surface area contributed by atoms with Crippen LogP contribution in [0.2, 0.25) is 0 Å². The van der Waals surface area contributed by atoms with E-state index in [1.807, 2.05) is 10.3 Å². The molecule has 0 unspecified atom stereocenters. The molecular weight excluding hydrogens is 272 g/mol. The number of anilines is 1. The van der Waals surface area contributed by atoms with Crippen LogP contribution in [0.4, 0.5) is 5.82 Å². The van der Waals surface area contributed by atoms with Gasteiger partial charge in [-0.15, -0.1) is 0 Å². The second-order valence-electron chi connectivity index (χ2n) is 4.84. The van der Waals surface area contributed by atoms with Crippen molar-refractivity contribution in [3.8, 4) is 0 Å². The van der Waals surface area contributed by atoms with Gasteiger partial charge in [0.15, 0.2) is 5.82 Å². The number of nitrogens with one attached hydrogen (secondary N) is 1. The first-order valence-electron chi connectivity index (χ1n) is 6.53. The maximum Gasteiger partial charge on any atom is 0.258 e. The minimum absolute atomic E-state index is 0.0141. The number of amides is 1. The molecule has 6 heteroatoms. The highest BCUT2D eigenvalue weighted by molar-refractivity contribution is 7.07. The Bertz CT molecular complexity index is 595. The summed E-state index contributed by atoms with van der Waals surface area (Å²) in [7, 11) is 0. The van der Waals surface area contributed by atoms with E-state index >= 15 is 0 Å². The maximum atomic E-state index is 12.7. The van der Waals surface area contributed by atoms with Crippen molar-refractivity contribution in [1.29, 1.82) is 0 Å². The molecule has 1 amide bonds. The standard InChI is InChI=1S/C14H16N4OS/c15-17-13-12(2-1-6-16-13)14(19)18(11-3-4-11)8-10-5-7-20-9-10/h1-2,5-7,9,11H,3-4,8,15H2,(H,16,17). The minimum atomic E-state index is -0.0141. The van der Waals surface area contributed by atoms with Gasteiger partial charge in [0.05, 0.1) is 5.56 Å². The summed E-state index contributed by atoms with van der Waals surface area (Å²) in [5, 5.41) is 4.11. The Labute approximate surface area is 121 Å². The Hall–Kier alpha value is -1.92. The van der Waals surface area contributed by atoms with Crippen LogP contribution in [-0.2, 0) is 6.54 Å². The molecule has 0 aliphatic heterocycles. The van der Waals surface area contributed by atoms with Gasteiger partial charge in [0, 0.05) is 18.8 Å². The van der Waals surface area contributed by atoms with Crippen molar-refractivity contribution >= 4 is 23.1 Å². The normalized spacial score (nSPS) is 14.1. The van der Waals surface area contributed by atoms with Gasteiger partial charge in [-0.2, -0.15) is 11.3 Å². The molecule has 0 atom stereocenters. The summed E-state index contributed by atoms with van der Waals surface area (Å²) < 4.78 is 0. The molecule has 2 aromatic heterocycles. The van der Waals surface area contributed by atoms with Crippen molar-refractivity contribution in [2.24, 2.45) is 5.84 Å². The Balaban J connectivity index is 1.85. The van der Waals surface area contributed by atoms with E-state index < -0.39 is 0 Å². The van der Waals surface area contributed by atoms with E-state index in [1.165, 1.54) is 5.56 Å². The number of hydrogen-bond acceptors (Lipinski definition) is 5. The van der Waals surface area contributed by atoms with Crippen LogP contribution in [0, 0.1) is 0 Å². The van der Waals surface area contributed by atoms with Gasteiger partial charge in [0.2, 0.25) is 0 Å². The molecule has 1 aliphatic rings. The molecule has 1 fully saturated rings. The van der Waals surface area contributed by atoms with Gasteiger partial charge in [-0.3, -0.25) is 4.79 Å². The number of hydrogen-bond donors (Lipinski definition) is 2. The number of carbonyl (C=O) groups is 1. The summed E-state index contributed by atoms with van der Waals surface area (Å²) in [6.45, 7) is 0.645. The number of carbonyl (C=O) groups excluding carboxylic acids is 1. The van der Waals surface area contributed by atoms with Crippen molar-refractivity contribution in [3.05, 3.63) is 46.3 Å². The van der Waals surface area contributed by atoms with E-state index in [0.29, 0.717) is 24.0 Å². The minimum Gasteiger partial charge on any atom is -0.331 e. The van der Waals surface area contributed by atoms with Gasteiger partial charge in [0.1, 0.15) is 0 Å². The lowest BCUT2D eigenvalue weighted by molar-refractivity contribution is 0.0730. The molecule has 20 heavy (non-hydrogen) atoms. The summed E-state index contributed by atoms with van der Waals surface area (Å²) >= 11 is 1.65. The summed E-state index contributed by atoms with van der Waals surface area (Å²) in [6.07, 6.45) is 3.76. The lowest BCUT2D eigenvalue weighted by Crippen LogP contribution is -2.33. The van der Waals surface area contributed by atoms with Crippen LogP contribution >= 0.6 is 11.3 Å². The molecule has 0 saturated heterocycles. The molecular formula is C14H16N4OS. The number of thiophene rings is 1. The Morgan fingerprint density at radius 1 is 1.50 bits per heavy atom. The number of rotatable bonds is 5. The first kappa shape index (κ1) is 13.1. The number of aromatic nitrogens is 1. The predicted molar refractivity (Wildman–Crippen MR) is 79.3 cm³/mol. The second kappa shape index (κ2) is 5.60. The molecule has 0 aromatic carbocycles. The lowest BCUT2D eigenvalue weighted by atomic mass is 10.2. The summed E-state index contributed by atoms with van der Waals surface area (Å²) in [5.41, 5.74) is 4.19. The van der Waals surface area contributed by atoms with Crippen molar-refractivity contribution in [2.45, 2.75) is 25.4 Å². The zero-order valence-corrected chi connectivity index (χ0v) is 11.8. The van der Waals surface area contributed by atoms with Crippen LogP contribution in [-0.4, -0.2) is 21.8 Å². The SMILES string of the molecule is NNc1ncccc1C(=O)N(Cc1ccsc1)C1CC1. The molecule has 2 heterocycles. The first-order valence-corrected chi connectivity index (χ1v) is 7.47. The highest BCUT2D eigenvalue weighted by atomic mass is 32.1. The van der Waals surface area contributed by atoms with Crippen LogP contribution in [0.1, 0.15) is 28.8 Å². The van der Waals surface area contributed by atoms with Gasteiger partial charge in [-0.1, -0.05) is 0 Å². The largest absolute Gasteiger partial charge is 0.331 e. The molecule has 2 aromatic rings. The van der Waals surface area contributed by atoms with Crippen LogP contribution in [0.5, 0.6) is 0 Å². The number of hydrazine groups is 1. The summed E-state index contributed by atoms with van der Waals surface area (Å²) in [5.74, 6) is 5.85. The third-order valence-electron chi connectivity index (χ3n) is 3.36. The van der Waals surface area contributed by atoms with E-state index in [0.717, 1.165) is 12.8 Å². The van der Waals surface area contributed by atoms with Crippen molar-refractivity contribution in [3.63, 3.8) is 0 Å². The fourth-order valence-electron chi connectivity index (χ4n) is 2.18. The molecule has 0 radical (unpaired) electrons. The van der Waals surface area contributed by atoms with Gasteiger partial charge in [0.25, 0.3) is 5.91 Å². The van der Waals surface area contributed by atoms with Crippen molar-refractivity contribution in [1.82, 2.24) is 9.88 Å². The Morgan fingerprint density at radius 2 is 2.35 bits per heavy atom. The topological polar surface area (TPSA) is 71.2 Å². The van der Waals surface area contributed by atoms with Crippen molar-refractivity contribution < 1.29 is 4.79 Å². The predicted octanol–water partition coefficient (Wildman–Crippen LogP) is 2.23. The van der Waals surface area contributed by atoms with E-state index in [1.54, 1.807) is 29.7 Å². The second-order valence-corrected chi connectivity index (χ2v) is 5.62. The maximum absolute atomic E-state index is 12.7. The van der Waals surface area contributed by atoms with E-state index in [-0.39, 0.29) is 5.91 Å². The van der Waals surface area contributed by atoms with Crippen LogP contribution in [0.3, 0.4) is 0 Å². The van der Waals surface area contributed by atoms with Crippen LogP contribution in [0.25, 0.3) is 0 Å². The molecule has 5 nitrogen and oxygen atoms in total. The molecule has 0 bridgehead atoms. The molecule has 3 N–H and O–H groups in total. The zero-order valence-electron chi connectivity index (χ0n) is 11.0. The van der Waals surface area contributed by atoms with Crippen LogP contribution in [0.15, 0.2) is 35.2 Å². The smallest absolute Gasteiger partial charge is 0.258 e. The van der Waals surface area contributed by atoms with Gasteiger partial charge >= 0.3 is 0 Å². The highest BCUT2D eigenvalue weighted by Gasteiger charge is 2.34. The molecule has 0 spiro atoms. The van der Waals surface area contributed by atoms with E-state index in [9.17, 15) is 4.79 Å². The van der Waals surface area contributed by atoms with Crippen molar-refractivity contribution in [2.75, 3.05) is 5.43 Å². The average molecular weight is 288 g/mol. The summed E-state index contributed by atoms with van der Waals surface area (Å²) in [4.78, 5) is 18.7. The lowest BCUT2D eigenvalue weighted by Gasteiger charge is -2.22. The average Bonchev–Trinajstić information content (AvgIpc) is 3.20. The summed E-state index contributed by atoms with van der Waals surface area (Å²) in [6, 6.07) is 5.91. The Morgan fingerprint density at radius 3 is 3.00 bits per heavy atom. The Kier molecular flexibility index (Phi) is 3.66. The monoisotopic (exact) mass is 288 g/mol. The first-order chi connectivity index (χ1) is 9.79. The van der Waals surface area contributed by atoms with Gasteiger partial charge in [-0.05, 0) is 47.4 Å². The van der Waals surface area contributed by atoms with Gasteiger partial charge in [-0.25, -0.2) is 10.8 Å². The van der Waals surface area contributed by atoms with Gasteiger partial charge < -0.3 is 10.3 Å². The fourth-order valence-corrected chi connectivity index (χ4v) is 2.84. The number of pyridine rings is 1. The van der Waals surface area contributed by atoms with E-state index in [2.05, 4.69) is 21.9 Å². The number of nitrogen functional groups attached to an aromatic ring is 1. The van der Waals surface area contributed by atoms with E-state index in [4.69, 9.17) is 5.84 Å². The quantitative estimate of drug-likeness (QED) is 0.654. The molecule has 1 saturated carbocycles. The van der Waals surface area contributed by atoms with Crippen LogP contribution < -0.4 is 11.3 Å². The molecule has 1 aliphatic carbocycles. The highest BCUT2D eigenvalue weighted by Crippen LogP contribution is 2.31.